The van der Waals surface area contributed by atoms with Gasteiger partial charge in [-0.25, -0.2) is 4.98 Å². The molecule has 1 aromatic heterocycles. The third-order valence-corrected chi connectivity index (χ3v) is 6.02. The SMILES string of the molecule is O=C(CC1CC2CCC(C1)N2)NCc1ccnc(N2CCCCC2)c1. The number of aromatic nitrogens is 1. The predicted molar refractivity (Wildman–Crippen MR) is 99.4 cm³/mol. The van der Waals surface area contributed by atoms with Crippen molar-refractivity contribution in [3.63, 3.8) is 0 Å². The van der Waals surface area contributed by atoms with Crippen molar-refractivity contribution in [1.29, 1.82) is 0 Å². The zero-order valence-corrected chi connectivity index (χ0v) is 15.0. The highest BCUT2D eigenvalue weighted by Gasteiger charge is 2.34. The van der Waals surface area contributed by atoms with Crippen LogP contribution in [0.15, 0.2) is 18.3 Å². The van der Waals surface area contributed by atoms with Crippen LogP contribution < -0.4 is 15.5 Å². The van der Waals surface area contributed by atoms with Crippen molar-refractivity contribution in [2.45, 2.75) is 70.0 Å². The zero-order valence-electron chi connectivity index (χ0n) is 15.0. The van der Waals surface area contributed by atoms with Gasteiger partial charge in [0.05, 0.1) is 0 Å². The molecular weight excluding hydrogens is 312 g/mol. The van der Waals surface area contributed by atoms with Gasteiger partial charge in [-0.15, -0.1) is 0 Å². The molecule has 3 fully saturated rings. The number of carbonyl (C=O) groups excluding carboxylic acids is 1. The first-order valence-corrected chi connectivity index (χ1v) is 9.99. The molecule has 5 heteroatoms. The van der Waals surface area contributed by atoms with Crippen LogP contribution in [0, 0.1) is 5.92 Å². The second-order valence-electron chi connectivity index (χ2n) is 8.03. The number of nitrogens with one attached hydrogen (secondary N) is 2. The van der Waals surface area contributed by atoms with E-state index in [1.165, 1.54) is 32.1 Å². The molecule has 0 saturated carbocycles. The molecule has 0 aliphatic carbocycles. The van der Waals surface area contributed by atoms with Gasteiger partial charge >= 0.3 is 0 Å². The van der Waals surface area contributed by atoms with Crippen LogP contribution in [-0.4, -0.2) is 36.1 Å². The summed E-state index contributed by atoms with van der Waals surface area (Å²) in [4.78, 5) is 19.2. The normalized spacial score (nSPS) is 28.8. The van der Waals surface area contributed by atoms with Gasteiger partial charge in [-0.2, -0.15) is 0 Å². The average molecular weight is 342 g/mol. The summed E-state index contributed by atoms with van der Waals surface area (Å²) in [6, 6.07) is 5.46. The smallest absolute Gasteiger partial charge is 0.220 e. The number of fused-ring (bicyclic) bond motifs is 2. The molecule has 136 valence electrons. The lowest BCUT2D eigenvalue weighted by Gasteiger charge is -2.28. The van der Waals surface area contributed by atoms with E-state index in [-0.39, 0.29) is 5.91 Å². The highest BCUT2D eigenvalue weighted by molar-refractivity contribution is 5.76. The highest BCUT2D eigenvalue weighted by atomic mass is 16.1. The summed E-state index contributed by atoms with van der Waals surface area (Å²) in [6.07, 6.45) is 11.3. The molecular formula is C20H30N4O. The van der Waals surface area contributed by atoms with Crippen molar-refractivity contribution in [2.75, 3.05) is 18.0 Å². The largest absolute Gasteiger partial charge is 0.357 e. The summed E-state index contributed by atoms with van der Waals surface area (Å²) in [5, 5.41) is 6.77. The lowest BCUT2D eigenvalue weighted by Crippen LogP contribution is -2.39. The molecule has 25 heavy (non-hydrogen) atoms. The van der Waals surface area contributed by atoms with Crippen LogP contribution in [0.25, 0.3) is 0 Å². The molecule has 1 aromatic rings. The molecule has 0 radical (unpaired) electrons. The summed E-state index contributed by atoms with van der Waals surface area (Å²) in [5.74, 6) is 1.81. The number of amides is 1. The molecule has 2 unspecified atom stereocenters. The molecule has 5 nitrogen and oxygen atoms in total. The first-order valence-electron chi connectivity index (χ1n) is 9.99. The molecule has 4 heterocycles. The minimum atomic E-state index is 0.197. The number of anilines is 1. The van der Waals surface area contributed by atoms with Crippen LogP contribution in [0.5, 0.6) is 0 Å². The summed E-state index contributed by atoms with van der Waals surface area (Å²) in [6.45, 7) is 2.81. The van der Waals surface area contributed by atoms with Gasteiger partial charge in [0.15, 0.2) is 0 Å². The Bertz CT molecular complexity index is 587. The predicted octanol–water partition coefficient (Wildman–Crippen LogP) is 2.61. The van der Waals surface area contributed by atoms with Crippen LogP contribution in [0.3, 0.4) is 0 Å². The van der Waals surface area contributed by atoms with Crippen LogP contribution in [-0.2, 0) is 11.3 Å². The van der Waals surface area contributed by atoms with Crippen molar-refractivity contribution in [2.24, 2.45) is 5.92 Å². The van der Waals surface area contributed by atoms with E-state index < -0.39 is 0 Å². The van der Waals surface area contributed by atoms with Gasteiger partial charge < -0.3 is 15.5 Å². The zero-order chi connectivity index (χ0) is 17.1. The third kappa shape index (κ3) is 4.32. The first-order chi connectivity index (χ1) is 12.3. The second-order valence-corrected chi connectivity index (χ2v) is 8.03. The lowest BCUT2D eigenvalue weighted by atomic mass is 9.89. The van der Waals surface area contributed by atoms with E-state index in [0.717, 1.165) is 37.3 Å². The molecule has 3 aliphatic heterocycles. The number of hydrogen-bond acceptors (Lipinski definition) is 4. The number of carbonyl (C=O) groups is 1. The third-order valence-electron chi connectivity index (χ3n) is 6.02. The lowest BCUT2D eigenvalue weighted by molar-refractivity contribution is -0.122. The molecule has 2 atom stereocenters. The summed E-state index contributed by atoms with van der Waals surface area (Å²) < 4.78 is 0. The number of pyridine rings is 1. The maximum atomic E-state index is 12.3. The maximum absolute atomic E-state index is 12.3. The number of rotatable bonds is 5. The number of piperidine rings is 2. The Balaban J connectivity index is 1.27. The van der Waals surface area contributed by atoms with Crippen molar-refractivity contribution >= 4 is 11.7 Å². The highest BCUT2D eigenvalue weighted by Crippen LogP contribution is 2.32. The minimum Gasteiger partial charge on any atom is -0.357 e. The molecule has 2 bridgehead atoms. The van der Waals surface area contributed by atoms with E-state index in [1.54, 1.807) is 0 Å². The van der Waals surface area contributed by atoms with E-state index in [4.69, 9.17) is 0 Å². The van der Waals surface area contributed by atoms with Crippen molar-refractivity contribution < 1.29 is 4.79 Å². The van der Waals surface area contributed by atoms with Gasteiger partial charge in [-0.05, 0) is 68.6 Å². The molecule has 4 rings (SSSR count). The fourth-order valence-corrected chi connectivity index (χ4v) is 4.74. The number of nitrogens with zero attached hydrogens (tertiary/aromatic N) is 2. The Morgan fingerprint density at radius 1 is 1.20 bits per heavy atom. The topological polar surface area (TPSA) is 57.3 Å². The Labute approximate surface area is 150 Å². The Hall–Kier alpha value is -1.62. The van der Waals surface area contributed by atoms with Crippen LogP contribution >= 0.6 is 0 Å². The van der Waals surface area contributed by atoms with Gasteiger partial charge in [0, 0.05) is 44.3 Å². The monoisotopic (exact) mass is 342 g/mol. The maximum Gasteiger partial charge on any atom is 0.220 e. The number of hydrogen-bond donors (Lipinski definition) is 2. The molecule has 3 aliphatic rings. The molecule has 0 aromatic carbocycles. The molecule has 3 saturated heterocycles. The van der Waals surface area contributed by atoms with E-state index in [2.05, 4.69) is 26.6 Å². The summed E-state index contributed by atoms with van der Waals surface area (Å²) >= 11 is 0. The van der Waals surface area contributed by atoms with Crippen molar-refractivity contribution in [3.8, 4) is 0 Å². The standard InChI is InChI=1S/C20H30N4O/c25-20(13-16-10-17-4-5-18(11-16)23-17)22-14-15-6-7-21-19(12-15)24-8-2-1-3-9-24/h6-7,12,16-18,23H,1-5,8-11,13-14H2,(H,22,25). The van der Waals surface area contributed by atoms with Crippen molar-refractivity contribution in [3.05, 3.63) is 23.9 Å². The van der Waals surface area contributed by atoms with Gasteiger partial charge in [-0.3, -0.25) is 4.79 Å². The molecule has 2 N–H and O–H groups in total. The van der Waals surface area contributed by atoms with Gasteiger partial charge in [0.25, 0.3) is 0 Å². The molecule has 0 spiro atoms. The molecule has 1 amide bonds. The summed E-state index contributed by atoms with van der Waals surface area (Å²) in [5.41, 5.74) is 1.15. The Kier molecular flexibility index (Phi) is 5.20. The quantitative estimate of drug-likeness (QED) is 0.864. The van der Waals surface area contributed by atoms with Crippen molar-refractivity contribution in [1.82, 2.24) is 15.6 Å². The van der Waals surface area contributed by atoms with Gasteiger partial charge in [-0.1, -0.05) is 0 Å². The van der Waals surface area contributed by atoms with Gasteiger partial charge in [0.1, 0.15) is 5.82 Å². The van der Waals surface area contributed by atoms with Crippen LogP contribution in [0.2, 0.25) is 0 Å². The second kappa shape index (κ2) is 7.73. The van der Waals surface area contributed by atoms with Crippen LogP contribution in [0.4, 0.5) is 5.82 Å². The Morgan fingerprint density at radius 3 is 2.72 bits per heavy atom. The Morgan fingerprint density at radius 2 is 1.96 bits per heavy atom. The van der Waals surface area contributed by atoms with E-state index in [1.807, 2.05) is 12.3 Å². The van der Waals surface area contributed by atoms with Gasteiger partial charge in [0.2, 0.25) is 5.91 Å². The fourth-order valence-electron chi connectivity index (χ4n) is 4.74. The van der Waals surface area contributed by atoms with E-state index >= 15 is 0 Å². The van der Waals surface area contributed by atoms with Crippen LogP contribution in [0.1, 0.15) is 56.9 Å². The first kappa shape index (κ1) is 16.8. The fraction of sp³-hybridized carbons (Fsp3) is 0.700. The average Bonchev–Trinajstić information content (AvgIpc) is 2.99. The van der Waals surface area contributed by atoms with E-state index in [0.29, 0.717) is 31.0 Å². The van der Waals surface area contributed by atoms with E-state index in [9.17, 15) is 4.79 Å². The summed E-state index contributed by atoms with van der Waals surface area (Å²) in [7, 11) is 0. The minimum absolute atomic E-state index is 0.197.